The maximum atomic E-state index is 12.3. The number of aromatic nitrogens is 2. The fourth-order valence-corrected chi connectivity index (χ4v) is 4.41. The van der Waals surface area contributed by atoms with Gasteiger partial charge in [0, 0.05) is 23.7 Å². The average Bonchev–Trinajstić information content (AvgIpc) is 2.81. The molecule has 2 aliphatic rings. The van der Waals surface area contributed by atoms with Crippen LogP contribution in [0.15, 0.2) is 0 Å². The number of aryl methyl sites for hydroxylation is 1. The van der Waals surface area contributed by atoms with Crippen molar-refractivity contribution >= 4 is 15.7 Å². The highest BCUT2D eigenvalue weighted by atomic mass is 32.2. The van der Waals surface area contributed by atoms with E-state index in [1.807, 2.05) is 0 Å². The molecule has 1 aliphatic carbocycles. The Labute approximate surface area is 118 Å². The van der Waals surface area contributed by atoms with Gasteiger partial charge in [0.15, 0.2) is 15.5 Å². The minimum atomic E-state index is -3.10. The van der Waals surface area contributed by atoms with Gasteiger partial charge in [0.1, 0.15) is 0 Å². The van der Waals surface area contributed by atoms with E-state index >= 15 is 0 Å². The van der Waals surface area contributed by atoms with E-state index in [0.717, 1.165) is 31.4 Å². The molecule has 0 aromatic carbocycles. The Balaban J connectivity index is 1.77. The molecule has 6 nitrogen and oxygen atoms in total. The van der Waals surface area contributed by atoms with E-state index in [9.17, 15) is 13.2 Å². The Hall–Kier alpha value is -1.37. The number of nitrogens with one attached hydrogen (secondary N) is 2. The van der Waals surface area contributed by atoms with Crippen molar-refractivity contribution in [1.29, 1.82) is 0 Å². The fourth-order valence-electron chi connectivity index (χ4n) is 3.00. The quantitative estimate of drug-likeness (QED) is 0.850. The van der Waals surface area contributed by atoms with E-state index in [1.165, 1.54) is 6.42 Å². The molecule has 0 saturated heterocycles. The summed E-state index contributed by atoms with van der Waals surface area (Å²) in [4.78, 5) is 12.3. The van der Waals surface area contributed by atoms with Gasteiger partial charge in [0.05, 0.1) is 11.5 Å². The van der Waals surface area contributed by atoms with Gasteiger partial charge in [0.2, 0.25) is 0 Å². The van der Waals surface area contributed by atoms with Gasteiger partial charge in [-0.15, -0.1) is 0 Å². The Morgan fingerprint density at radius 2 is 2.00 bits per heavy atom. The summed E-state index contributed by atoms with van der Waals surface area (Å²) >= 11 is 0. The van der Waals surface area contributed by atoms with Crippen molar-refractivity contribution in [3.8, 4) is 0 Å². The third kappa shape index (κ3) is 2.72. The number of fused-ring (bicyclic) bond motifs is 1. The van der Waals surface area contributed by atoms with Gasteiger partial charge in [-0.1, -0.05) is 19.3 Å². The molecule has 3 rings (SSSR count). The number of hydrogen-bond acceptors (Lipinski definition) is 4. The fraction of sp³-hybridized carbons (Fsp3) is 0.692. The standard InChI is InChI=1S/C13H19N3O3S/c17-13(14-9-4-2-1-3-5-9)12-10-8-20(18,19)7-6-11(10)15-16-12/h9H,1-8H2,(H,14,17)(H,15,16). The van der Waals surface area contributed by atoms with Crippen molar-refractivity contribution in [1.82, 2.24) is 15.5 Å². The molecule has 110 valence electrons. The summed E-state index contributed by atoms with van der Waals surface area (Å²) in [7, 11) is -3.10. The van der Waals surface area contributed by atoms with Crippen LogP contribution in [0.2, 0.25) is 0 Å². The summed E-state index contributed by atoms with van der Waals surface area (Å²) in [6, 6.07) is 0.198. The molecule has 2 heterocycles. The highest BCUT2D eigenvalue weighted by Gasteiger charge is 2.29. The van der Waals surface area contributed by atoms with Crippen LogP contribution in [-0.2, 0) is 22.0 Å². The molecule has 20 heavy (non-hydrogen) atoms. The smallest absolute Gasteiger partial charge is 0.272 e. The van der Waals surface area contributed by atoms with Gasteiger partial charge in [-0.2, -0.15) is 5.10 Å². The number of aromatic amines is 1. The van der Waals surface area contributed by atoms with E-state index in [2.05, 4.69) is 15.5 Å². The number of hydrogen-bond donors (Lipinski definition) is 2. The minimum absolute atomic E-state index is 0.0771. The number of rotatable bonds is 2. The zero-order valence-electron chi connectivity index (χ0n) is 11.3. The first-order valence-electron chi connectivity index (χ1n) is 7.12. The average molecular weight is 297 g/mol. The molecule has 2 N–H and O–H groups in total. The molecule has 0 spiro atoms. The van der Waals surface area contributed by atoms with E-state index in [-0.39, 0.29) is 29.1 Å². The van der Waals surface area contributed by atoms with Crippen LogP contribution < -0.4 is 5.32 Å². The third-order valence-corrected chi connectivity index (χ3v) is 5.69. The van der Waals surface area contributed by atoms with Crippen LogP contribution in [0.1, 0.15) is 53.8 Å². The number of H-pyrrole nitrogens is 1. The first-order chi connectivity index (χ1) is 9.55. The Morgan fingerprint density at radius 3 is 2.75 bits per heavy atom. The van der Waals surface area contributed by atoms with E-state index in [4.69, 9.17) is 0 Å². The zero-order valence-corrected chi connectivity index (χ0v) is 12.1. The van der Waals surface area contributed by atoms with Crippen molar-refractivity contribution in [2.24, 2.45) is 0 Å². The van der Waals surface area contributed by atoms with Crippen molar-refractivity contribution in [2.75, 3.05) is 5.75 Å². The second-order valence-electron chi connectivity index (χ2n) is 5.68. The van der Waals surface area contributed by atoms with Gasteiger partial charge in [-0.25, -0.2) is 8.42 Å². The van der Waals surface area contributed by atoms with Crippen molar-refractivity contribution in [3.63, 3.8) is 0 Å². The van der Waals surface area contributed by atoms with Crippen LogP contribution in [0.25, 0.3) is 0 Å². The van der Waals surface area contributed by atoms with Crippen molar-refractivity contribution in [2.45, 2.75) is 50.3 Å². The second kappa shape index (κ2) is 5.20. The molecule has 1 aromatic heterocycles. The van der Waals surface area contributed by atoms with Crippen molar-refractivity contribution in [3.05, 3.63) is 17.0 Å². The predicted octanol–water partition coefficient (Wildman–Crippen LogP) is 0.943. The minimum Gasteiger partial charge on any atom is -0.348 e. The molecule has 0 atom stereocenters. The molecule has 0 radical (unpaired) electrons. The van der Waals surface area contributed by atoms with Crippen LogP contribution in [0.5, 0.6) is 0 Å². The molecule has 1 amide bonds. The zero-order chi connectivity index (χ0) is 14.2. The van der Waals surface area contributed by atoms with Gasteiger partial charge in [0.25, 0.3) is 5.91 Å². The maximum absolute atomic E-state index is 12.3. The van der Waals surface area contributed by atoms with E-state index in [1.54, 1.807) is 0 Å². The Morgan fingerprint density at radius 1 is 1.25 bits per heavy atom. The van der Waals surface area contributed by atoms with E-state index in [0.29, 0.717) is 12.0 Å². The van der Waals surface area contributed by atoms with Crippen LogP contribution in [-0.4, -0.2) is 36.3 Å². The number of nitrogens with zero attached hydrogens (tertiary/aromatic N) is 1. The highest BCUT2D eigenvalue weighted by Crippen LogP contribution is 2.23. The highest BCUT2D eigenvalue weighted by molar-refractivity contribution is 7.90. The normalized spacial score (nSPS) is 22.2. The molecule has 0 bridgehead atoms. The molecular weight excluding hydrogens is 278 g/mol. The second-order valence-corrected chi connectivity index (χ2v) is 7.86. The summed E-state index contributed by atoms with van der Waals surface area (Å²) in [6.07, 6.45) is 5.91. The lowest BCUT2D eigenvalue weighted by Gasteiger charge is -2.22. The molecule has 1 saturated carbocycles. The molecule has 0 unspecified atom stereocenters. The molecule has 1 fully saturated rings. The predicted molar refractivity (Wildman–Crippen MR) is 74.1 cm³/mol. The molecule has 1 aliphatic heterocycles. The number of sulfone groups is 1. The number of carbonyl (C=O) groups is 1. The summed E-state index contributed by atoms with van der Waals surface area (Å²) in [5, 5.41) is 9.82. The SMILES string of the molecule is O=C(NC1CCCCC1)c1n[nH]c2c1CS(=O)(=O)CC2. The Bertz CT molecular complexity index is 615. The molecule has 7 heteroatoms. The van der Waals surface area contributed by atoms with Crippen LogP contribution in [0, 0.1) is 0 Å². The number of amides is 1. The number of carbonyl (C=O) groups excluding carboxylic acids is 1. The Kier molecular flexibility index (Phi) is 3.54. The van der Waals surface area contributed by atoms with Crippen LogP contribution >= 0.6 is 0 Å². The lowest BCUT2D eigenvalue weighted by atomic mass is 9.95. The summed E-state index contributed by atoms with van der Waals surface area (Å²) in [5.74, 6) is -0.190. The van der Waals surface area contributed by atoms with Gasteiger partial charge < -0.3 is 5.32 Å². The monoisotopic (exact) mass is 297 g/mol. The van der Waals surface area contributed by atoms with Gasteiger partial charge >= 0.3 is 0 Å². The van der Waals surface area contributed by atoms with Crippen LogP contribution in [0.4, 0.5) is 0 Å². The van der Waals surface area contributed by atoms with Crippen molar-refractivity contribution < 1.29 is 13.2 Å². The topological polar surface area (TPSA) is 91.9 Å². The maximum Gasteiger partial charge on any atom is 0.272 e. The summed E-state index contributed by atoms with van der Waals surface area (Å²) in [6.45, 7) is 0. The van der Waals surface area contributed by atoms with E-state index < -0.39 is 9.84 Å². The largest absolute Gasteiger partial charge is 0.348 e. The molecule has 1 aromatic rings. The third-order valence-electron chi connectivity index (χ3n) is 4.14. The lowest BCUT2D eigenvalue weighted by Crippen LogP contribution is -2.37. The summed E-state index contributed by atoms with van der Waals surface area (Å²) in [5.41, 5.74) is 1.60. The summed E-state index contributed by atoms with van der Waals surface area (Å²) < 4.78 is 23.4. The first kappa shape index (κ1) is 13.6. The van der Waals surface area contributed by atoms with Gasteiger partial charge in [-0.3, -0.25) is 9.89 Å². The first-order valence-corrected chi connectivity index (χ1v) is 8.95. The van der Waals surface area contributed by atoms with Crippen LogP contribution in [0.3, 0.4) is 0 Å². The lowest BCUT2D eigenvalue weighted by molar-refractivity contribution is 0.0922. The molecular formula is C13H19N3O3S. The van der Waals surface area contributed by atoms with Gasteiger partial charge in [-0.05, 0) is 12.8 Å².